The van der Waals surface area contributed by atoms with Gasteiger partial charge < -0.3 is 14.2 Å². The van der Waals surface area contributed by atoms with Gasteiger partial charge in [0.15, 0.2) is 0 Å². The number of rotatable bonds is 6. The minimum atomic E-state index is -0.616. The Morgan fingerprint density at radius 1 is 1.10 bits per heavy atom. The molecule has 0 aliphatic carbocycles. The Kier molecular flexibility index (Phi) is 6.27. The van der Waals surface area contributed by atoms with Gasteiger partial charge in [0.2, 0.25) is 11.4 Å². The van der Waals surface area contributed by atoms with Gasteiger partial charge in [-0.1, -0.05) is 30.3 Å². The van der Waals surface area contributed by atoms with Crippen molar-refractivity contribution >= 4 is 23.0 Å². The van der Waals surface area contributed by atoms with Gasteiger partial charge >= 0.3 is 5.97 Å². The second-order valence-electron chi connectivity index (χ2n) is 7.53. The molecule has 4 rings (SSSR count). The van der Waals surface area contributed by atoms with E-state index in [2.05, 4.69) is 39.0 Å². The quantitative estimate of drug-likeness (QED) is 0.565. The number of carbonyl (C=O) groups excluding carboxylic acids is 1. The van der Waals surface area contributed by atoms with Gasteiger partial charge in [0.05, 0.1) is 12.0 Å². The summed E-state index contributed by atoms with van der Waals surface area (Å²) in [7, 11) is 0. The van der Waals surface area contributed by atoms with E-state index in [0.717, 1.165) is 32.7 Å². The zero-order valence-electron chi connectivity index (χ0n) is 18.0. The summed E-state index contributed by atoms with van der Waals surface area (Å²) in [6.07, 6.45) is 3.07. The average Bonchev–Trinajstić information content (AvgIpc) is 2.80. The van der Waals surface area contributed by atoms with E-state index in [4.69, 9.17) is 9.72 Å². The molecule has 0 spiro atoms. The molecule has 3 heterocycles. The number of hydrogen-bond donors (Lipinski definition) is 0. The molecule has 0 amide bonds. The minimum absolute atomic E-state index is 0.0158. The van der Waals surface area contributed by atoms with Gasteiger partial charge in [-0.05, 0) is 19.4 Å². The predicted octanol–water partition coefficient (Wildman–Crippen LogP) is 2.31. The maximum atomic E-state index is 12.8. The van der Waals surface area contributed by atoms with Crippen molar-refractivity contribution in [1.82, 2.24) is 19.4 Å². The van der Waals surface area contributed by atoms with E-state index in [1.165, 1.54) is 18.0 Å². The molecule has 1 aliphatic rings. The van der Waals surface area contributed by atoms with Gasteiger partial charge in [-0.2, -0.15) is 4.98 Å². The lowest BCUT2D eigenvalue weighted by Gasteiger charge is -2.34. The van der Waals surface area contributed by atoms with Crippen molar-refractivity contribution in [3.63, 3.8) is 0 Å². The van der Waals surface area contributed by atoms with Crippen LogP contribution in [0, 0.1) is 0 Å². The molecule has 0 atom stereocenters. The van der Waals surface area contributed by atoms with Gasteiger partial charge in [0, 0.05) is 51.7 Å². The second-order valence-corrected chi connectivity index (χ2v) is 7.53. The van der Waals surface area contributed by atoms with Gasteiger partial charge in [0.1, 0.15) is 11.2 Å². The molecule has 1 saturated heterocycles. The highest BCUT2D eigenvalue weighted by atomic mass is 16.5. The molecular weight excluding hydrogens is 394 g/mol. The number of anilines is 1. The lowest BCUT2D eigenvalue weighted by molar-refractivity contribution is 0.0524. The van der Waals surface area contributed by atoms with Gasteiger partial charge in [-0.25, -0.2) is 9.78 Å². The number of fused-ring (bicyclic) bond motifs is 1. The molecule has 1 fully saturated rings. The molecule has 0 saturated carbocycles. The maximum absolute atomic E-state index is 12.8. The average molecular weight is 422 g/mol. The summed E-state index contributed by atoms with van der Waals surface area (Å²) in [6.45, 7) is 8.84. The SMILES string of the molecule is CCOC(=O)c1cn(CC)c2nc(N3CCN(Cc4ccccc4)CC3)ncc2c1=O. The van der Waals surface area contributed by atoms with Crippen LogP contribution in [0.2, 0.25) is 0 Å². The fraction of sp³-hybridized carbons (Fsp3) is 0.391. The number of esters is 1. The third kappa shape index (κ3) is 4.44. The van der Waals surface area contributed by atoms with Crippen LogP contribution in [0.25, 0.3) is 11.0 Å². The molecule has 0 unspecified atom stereocenters. The zero-order chi connectivity index (χ0) is 21.8. The fourth-order valence-corrected chi connectivity index (χ4v) is 3.86. The molecule has 162 valence electrons. The molecule has 1 aliphatic heterocycles. The number of aromatic nitrogens is 3. The van der Waals surface area contributed by atoms with E-state index >= 15 is 0 Å². The molecule has 8 heteroatoms. The van der Waals surface area contributed by atoms with Gasteiger partial charge in [-0.15, -0.1) is 0 Å². The van der Waals surface area contributed by atoms with Crippen molar-refractivity contribution < 1.29 is 9.53 Å². The van der Waals surface area contributed by atoms with E-state index < -0.39 is 11.4 Å². The lowest BCUT2D eigenvalue weighted by Crippen LogP contribution is -2.46. The Hall–Kier alpha value is -3.26. The standard InChI is InChI=1S/C23H27N5O3/c1-3-27-16-19(22(30)31-4-2)20(29)18-14-24-23(25-21(18)27)28-12-10-26(11-13-28)15-17-8-6-5-7-9-17/h5-9,14,16H,3-4,10-13,15H2,1-2H3. The second kappa shape index (κ2) is 9.26. The lowest BCUT2D eigenvalue weighted by atomic mass is 10.2. The summed E-state index contributed by atoms with van der Waals surface area (Å²) in [5.41, 5.74) is 1.47. The van der Waals surface area contributed by atoms with Crippen LogP contribution in [0.15, 0.2) is 47.5 Å². The summed E-state index contributed by atoms with van der Waals surface area (Å²) < 4.78 is 6.83. The summed E-state index contributed by atoms with van der Waals surface area (Å²) in [4.78, 5) is 38.7. The Labute approximate surface area is 181 Å². The predicted molar refractivity (Wildman–Crippen MR) is 119 cm³/mol. The Balaban J connectivity index is 1.55. The van der Waals surface area contributed by atoms with Crippen LogP contribution in [0.1, 0.15) is 29.8 Å². The van der Waals surface area contributed by atoms with Crippen LogP contribution in [0.3, 0.4) is 0 Å². The molecule has 2 aromatic heterocycles. The molecule has 1 aromatic carbocycles. The number of pyridine rings is 1. The van der Waals surface area contributed by atoms with E-state index in [-0.39, 0.29) is 12.2 Å². The Bertz CT molecular complexity index is 1120. The largest absolute Gasteiger partial charge is 0.462 e. The summed E-state index contributed by atoms with van der Waals surface area (Å²) >= 11 is 0. The molecule has 0 radical (unpaired) electrons. The molecule has 3 aromatic rings. The van der Waals surface area contributed by atoms with Crippen molar-refractivity contribution in [2.24, 2.45) is 0 Å². The Morgan fingerprint density at radius 2 is 1.84 bits per heavy atom. The third-order valence-corrected chi connectivity index (χ3v) is 5.54. The molecule has 31 heavy (non-hydrogen) atoms. The number of nitrogens with zero attached hydrogens (tertiary/aromatic N) is 5. The van der Waals surface area contributed by atoms with E-state index in [1.54, 1.807) is 11.5 Å². The third-order valence-electron chi connectivity index (χ3n) is 5.54. The fourth-order valence-electron chi connectivity index (χ4n) is 3.86. The number of benzene rings is 1. The summed E-state index contributed by atoms with van der Waals surface area (Å²) in [5, 5.41) is 0.332. The molecule has 0 bridgehead atoms. The highest BCUT2D eigenvalue weighted by Crippen LogP contribution is 2.17. The van der Waals surface area contributed by atoms with E-state index in [9.17, 15) is 9.59 Å². The van der Waals surface area contributed by atoms with Crippen LogP contribution in [-0.2, 0) is 17.8 Å². The van der Waals surface area contributed by atoms with Crippen LogP contribution >= 0.6 is 0 Å². The van der Waals surface area contributed by atoms with Crippen LogP contribution in [0.5, 0.6) is 0 Å². The normalized spacial score (nSPS) is 14.7. The van der Waals surface area contributed by atoms with Crippen molar-refractivity contribution in [3.8, 4) is 0 Å². The first-order chi connectivity index (χ1) is 15.1. The minimum Gasteiger partial charge on any atom is -0.462 e. The molecule has 0 N–H and O–H groups in total. The highest BCUT2D eigenvalue weighted by Gasteiger charge is 2.22. The number of hydrogen-bond acceptors (Lipinski definition) is 7. The van der Waals surface area contributed by atoms with Crippen molar-refractivity contribution in [1.29, 1.82) is 0 Å². The number of piperazine rings is 1. The monoisotopic (exact) mass is 421 g/mol. The van der Waals surface area contributed by atoms with Crippen LogP contribution in [-0.4, -0.2) is 58.2 Å². The van der Waals surface area contributed by atoms with Crippen molar-refractivity contribution in [3.05, 3.63) is 64.1 Å². The summed E-state index contributed by atoms with van der Waals surface area (Å²) in [6, 6.07) is 10.5. The van der Waals surface area contributed by atoms with Gasteiger partial charge in [-0.3, -0.25) is 9.69 Å². The topological polar surface area (TPSA) is 80.6 Å². The van der Waals surface area contributed by atoms with Crippen molar-refractivity contribution in [2.45, 2.75) is 26.9 Å². The summed E-state index contributed by atoms with van der Waals surface area (Å²) in [5.74, 6) is -0.00689. The first-order valence-electron chi connectivity index (χ1n) is 10.7. The van der Waals surface area contributed by atoms with Crippen LogP contribution < -0.4 is 10.3 Å². The number of ether oxygens (including phenoxy) is 1. The van der Waals surface area contributed by atoms with Gasteiger partial charge in [0.25, 0.3) is 0 Å². The van der Waals surface area contributed by atoms with E-state index in [0.29, 0.717) is 23.5 Å². The molecular formula is C23H27N5O3. The first-order valence-corrected chi connectivity index (χ1v) is 10.7. The van der Waals surface area contributed by atoms with Crippen molar-refractivity contribution in [2.75, 3.05) is 37.7 Å². The highest BCUT2D eigenvalue weighted by molar-refractivity contribution is 5.93. The zero-order valence-corrected chi connectivity index (χ0v) is 18.0. The first kappa shape index (κ1) is 21.0. The smallest absolute Gasteiger partial charge is 0.343 e. The van der Waals surface area contributed by atoms with Crippen LogP contribution in [0.4, 0.5) is 5.95 Å². The number of aryl methyl sites for hydroxylation is 1. The number of carbonyl (C=O) groups is 1. The van der Waals surface area contributed by atoms with E-state index in [1.807, 2.05) is 13.0 Å². The maximum Gasteiger partial charge on any atom is 0.343 e. The molecule has 8 nitrogen and oxygen atoms in total. The Morgan fingerprint density at radius 3 is 2.52 bits per heavy atom.